The lowest BCUT2D eigenvalue weighted by Gasteiger charge is -2.19. The van der Waals surface area contributed by atoms with Crippen LogP contribution in [0.5, 0.6) is 5.75 Å². The molecule has 0 spiro atoms. The van der Waals surface area contributed by atoms with E-state index in [0.717, 1.165) is 15.4 Å². The smallest absolute Gasteiger partial charge is 0.242 e. The summed E-state index contributed by atoms with van der Waals surface area (Å²) in [6.45, 7) is 3.34. The van der Waals surface area contributed by atoms with Crippen LogP contribution in [0.2, 0.25) is 0 Å². The summed E-state index contributed by atoms with van der Waals surface area (Å²) in [6.07, 6.45) is -0.0313. The van der Waals surface area contributed by atoms with Gasteiger partial charge in [0.1, 0.15) is 5.75 Å². The Kier molecular flexibility index (Phi) is 7.58. The number of aryl methyl sites for hydroxylation is 1. The van der Waals surface area contributed by atoms with E-state index < -0.39 is 22.0 Å². The number of anilines is 1. The zero-order valence-corrected chi connectivity index (χ0v) is 18.5. The highest BCUT2D eigenvalue weighted by Crippen LogP contribution is 2.29. The Morgan fingerprint density at radius 1 is 1.10 bits per heavy atom. The number of sulfonamides is 1. The molecule has 1 unspecified atom stereocenters. The molecule has 0 aliphatic heterocycles. The largest absolute Gasteiger partial charge is 0.495 e. The molecule has 0 heterocycles. The molecule has 30 heavy (non-hydrogen) atoms. The van der Waals surface area contributed by atoms with Crippen LogP contribution in [-0.2, 0) is 19.6 Å². The van der Waals surface area contributed by atoms with E-state index in [2.05, 4.69) is 10.6 Å². The molecular formula is C21H27N3O5S. The number of nitrogens with one attached hydrogen (secondary N) is 2. The molecule has 2 amide bonds. The fourth-order valence-corrected chi connectivity index (χ4v) is 3.77. The zero-order valence-electron chi connectivity index (χ0n) is 17.7. The van der Waals surface area contributed by atoms with Crippen molar-refractivity contribution >= 4 is 27.5 Å². The third-order valence-corrected chi connectivity index (χ3v) is 6.28. The highest BCUT2D eigenvalue weighted by molar-refractivity contribution is 7.89. The quantitative estimate of drug-likeness (QED) is 0.665. The third kappa shape index (κ3) is 5.80. The standard InChI is InChI=1S/C21H27N3O5S/c1-14-6-8-16(9-7-14)18(22-15(2)25)13-21(26)23-19-12-17(10-11-20(19)29-5)30(27,28)24(3)4/h6-12,18H,13H2,1-5H3,(H,22,25)(H,23,26). The second-order valence-electron chi connectivity index (χ2n) is 7.07. The summed E-state index contributed by atoms with van der Waals surface area (Å²) in [5, 5.41) is 5.48. The zero-order chi connectivity index (χ0) is 22.5. The molecule has 0 aliphatic rings. The molecule has 2 rings (SSSR count). The van der Waals surface area contributed by atoms with Crippen LogP contribution in [-0.4, -0.2) is 45.7 Å². The number of carbonyl (C=O) groups is 2. The van der Waals surface area contributed by atoms with E-state index in [1.807, 2.05) is 31.2 Å². The van der Waals surface area contributed by atoms with Crippen LogP contribution in [0.15, 0.2) is 47.4 Å². The number of hydrogen-bond donors (Lipinski definition) is 2. The van der Waals surface area contributed by atoms with Gasteiger partial charge in [-0.1, -0.05) is 29.8 Å². The van der Waals surface area contributed by atoms with Crippen molar-refractivity contribution in [1.29, 1.82) is 0 Å². The van der Waals surface area contributed by atoms with E-state index in [1.54, 1.807) is 0 Å². The van der Waals surface area contributed by atoms with Gasteiger partial charge in [-0.15, -0.1) is 0 Å². The first-order valence-corrected chi connectivity index (χ1v) is 10.7. The summed E-state index contributed by atoms with van der Waals surface area (Å²) in [6, 6.07) is 11.2. The first kappa shape index (κ1) is 23.4. The molecule has 9 heteroatoms. The topological polar surface area (TPSA) is 105 Å². The number of benzene rings is 2. The van der Waals surface area contributed by atoms with Gasteiger partial charge in [-0.25, -0.2) is 12.7 Å². The van der Waals surface area contributed by atoms with E-state index in [0.29, 0.717) is 5.75 Å². The maximum Gasteiger partial charge on any atom is 0.242 e. The third-order valence-electron chi connectivity index (χ3n) is 4.47. The lowest BCUT2D eigenvalue weighted by molar-refractivity contribution is -0.120. The Morgan fingerprint density at radius 2 is 1.73 bits per heavy atom. The minimum absolute atomic E-state index is 0.0283. The highest BCUT2D eigenvalue weighted by Gasteiger charge is 2.21. The lowest BCUT2D eigenvalue weighted by Crippen LogP contribution is -2.30. The monoisotopic (exact) mass is 433 g/mol. The summed E-state index contributed by atoms with van der Waals surface area (Å²) in [4.78, 5) is 24.4. The van der Waals surface area contributed by atoms with Crippen molar-refractivity contribution in [3.63, 3.8) is 0 Å². The van der Waals surface area contributed by atoms with Crippen molar-refractivity contribution in [2.24, 2.45) is 0 Å². The van der Waals surface area contributed by atoms with Gasteiger partial charge in [-0.05, 0) is 30.7 Å². The van der Waals surface area contributed by atoms with Gasteiger partial charge < -0.3 is 15.4 Å². The van der Waals surface area contributed by atoms with E-state index in [-0.39, 0.29) is 22.9 Å². The predicted octanol–water partition coefficient (Wildman–Crippen LogP) is 2.46. The molecule has 0 bridgehead atoms. The molecule has 8 nitrogen and oxygen atoms in total. The van der Waals surface area contributed by atoms with E-state index in [1.165, 1.54) is 46.3 Å². The number of nitrogens with zero attached hydrogens (tertiary/aromatic N) is 1. The average Bonchev–Trinajstić information content (AvgIpc) is 2.67. The SMILES string of the molecule is COc1ccc(S(=O)(=O)N(C)C)cc1NC(=O)CC(NC(C)=O)c1ccc(C)cc1. The molecular weight excluding hydrogens is 406 g/mol. The molecule has 2 aromatic carbocycles. The Bertz CT molecular complexity index is 1020. The molecule has 0 aromatic heterocycles. The number of methoxy groups -OCH3 is 1. The maximum atomic E-state index is 12.7. The maximum absolute atomic E-state index is 12.7. The molecule has 0 radical (unpaired) electrons. The lowest BCUT2D eigenvalue weighted by atomic mass is 10.0. The predicted molar refractivity (Wildman–Crippen MR) is 115 cm³/mol. The summed E-state index contributed by atoms with van der Waals surface area (Å²) < 4.78 is 31.1. The normalized spacial score (nSPS) is 12.3. The van der Waals surface area contributed by atoms with E-state index in [4.69, 9.17) is 4.74 Å². The number of ether oxygens (including phenoxy) is 1. The second kappa shape index (κ2) is 9.73. The molecule has 2 aromatic rings. The summed E-state index contributed by atoms with van der Waals surface area (Å²) in [7, 11) is 0.607. The molecule has 0 fully saturated rings. The average molecular weight is 434 g/mol. The fraction of sp³-hybridized carbons (Fsp3) is 0.333. The van der Waals surface area contributed by atoms with Crippen molar-refractivity contribution in [3.05, 3.63) is 53.6 Å². The van der Waals surface area contributed by atoms with Gasteiger partial charge in [0.25, 0.3) is 0 Å². The van der Waals surface area contributed by atoms with Crippen LogP contribution in [0.3, 0.4) is 0 Å². The minimum atomic E-state index is -3.68. The minimum Gasteiger partial charge on any atom is -0.495 e. The number of rotatable bonds is 8. The van der Waals surface area contributed by atoms with Gasteiger partial charge in [0, 0.05) is 21.0 Å². The Hall–Kier alpha value is -2.91. The van der Waals surface area contributed by atoms with Crippen molar-refractivity contribution in [2.45, 2.75) is 31.2 Å². The van der Waals surface area contributed by atoms with Crippen LogP contribution in [0, 0.1) is 6.92 Å². The van der Waals surface area contributed by atoms with Crippen LogP contribution in [0.1, 0.15) is 30.5 Å². The van der Waals surface area contributed by atoms with E-state index in [9.17, 15) is 18.0 Å². The van der Waals surface area contributed by atoms with Crippen molar-refractivity contribution in [1.82, 2.24) is 9.62 Å². The van der Waals surface area contributed by atoms with Crippen LogP contribution >= 0.6 is 0 Å². The fourth-order valence-electron chi connectivity index (χ4n) is 2.84. The highest BCUT2D eigenvalue weighted by atomic mass is 32.2. The van der Waals surface area contributed by atoms with Gasteiger partial charge in [-0.2, -0.15) is 0 Å². The van der Waals surface area contributed by atoms with Crippen LogP contribution in [0.4, 0.5) is 5.69 Å². The van der Waals surface area contributed by atoms with Gasteiger partial charge in [-0.3, -0.25) is 9.59 Å². The first-order valence-electron chi connectivity index (χ1n) is 9.28. The molecule has 1 atom stereocenters. The molecule has 0 aliphatic carbocycles. The first-order chi connectivity index (χ1) is 14.0. The molecule has 0 saturated carbocycles. The number of hydrogen-bond acceptors (Lipinski definition) is 5. The van der Waals surface area contributed by atoms with E-state index >= 15 is 0 Å². The van der Waals surface area contributed by atoms with Gasteiger partial charge in [0.2, 0.25) is 21.8 Å². The van der Waals surface area contributed by atoms with Gasteiger partial charge in [0.15, 0.2) is 0 Å². The molecule has 162 valence electrons. The Balaban J connectivity index is 2.28. The van der Waals surface area contributed by atoms with Crippen molar-refractivity contribution in [2.75, 3.05) is 26.5 Å². The number of carbonyl (C=O) groups excluding carboxylic acids is 2. The summed E-state index contributed by atoms with van der Waals surface area (Å²) >= 11 is 0. The Morgan fingerprint density at radius 3 is 2.27 bits per heavy atom. The molecule has 2 N–H and O–H groups in total. The van der Waals surface area contributed by atoms with Gasteiger partial charge in [0.05, 0.1) is 30.2 Å². The van der Waals surface area contributed by atoms with Gasteiger partial charge >= 0.3 is 0 Å². The Labute approximate surface area is 177 Å². The summed E-state index contributed by atoms with van der Waals surface area (Å²) in [5.74, 6) is -0.329. The second-order valence-corrected chi connectivity index (χ2v) is 9.22. The summed E-state index contributed by atoms with van der Waals surface area (Å²) in [5.41, 5.74) is 2.09. The van der Waals surface area contributed by atoms with Crippen molar-refractivity contribution in [3.8, 4) is 5.75 Å². The number of amides is 2. The molecule has 0 saturated heterocycles. The van der Waals surface area contributed by atoms with Crippen LogP contribution < -0.4 is 15.4 Å². The van der Waals surface area contributed by atoms with Crippen molar-refractivity contribution < 1.29 is 22.7 Å². The van der Waals surface area contributed by atoms with Crippen LogP contribution in [0.25, 0.3) is 0 Å².